The van der Waals surface area contributed by atoms with E-state index in [9.17, 15) is 4.39 Å². The zero-order valence-electron chi connectivity index (χ0n) is 9.18. The number of halogens is 1. The van der Waals surface area contributed by atoms with Crippen LogP contribution in [0.15, 0.2) is 18.6 Å². The van der Waals surface area contributed by atoms with Crippen molar-refractivity contribution in [1.82, 2.24) is 19.7 Å². The molecule has 0 fully saturated rings. The highest BCUT2D eigenvalue weighted by Gasteiger charge is 2.06. The van der Waals surface area contributed by atoms with Gasteiger partial charge >= 0.3 is 0 Å². The summed E-state index contributed by atoms with van der Waals surface area (Å²) in [6, 6.07) is 0. The van der Waals surface area contributed by atoms with Crippen molar-refractivity contribution in [2.45, 2.75) is 6.54 Å². The van der Waals surface area contributed by atoms with Crippen LogP contribution in [0.2, 0.25) is 0 Å². The minimum absolute atomic E-state index is 0.0943. The first-order valence-electron chi connectivity index (χ1n) is 4.89. The van der Waals surface area contributed by atoms with E-state index >= 15 is 0 Å². The van der Waals surface area contributed by atoms with Crippen LogP contribution in [0, 0.1) is 5.82 Å². The molecule has 2 aromatic heterocycles. The number of aromatic nitrogens is 4. The maximum absolute atomic E-state index is 13.3. The van der Waals surface area contributed by atoms with Crippen LogP contribution in [-0.2, 0) is 13.6 Å². The van der Waals surface area contributed by atoms with Gasteiger partial charge in [0, 0.05) is 25.4 Å². The van der Waals surface area contributed by atoms with Gasteiger partial charge in [0.25, 0.3) is 0 Å². The van der Waals surface area contributed by atoms with Crippen molar-refractivity contribution in [2.24, 2.45) is 12.9 Å². The first kappa shape index (κ1) is 11.3. The molecule has 90 valence electrons. The highest BCUT2D eigenvalue weighted by molar-refractivity contribution is 5.40. The number of nitrogens with one attached hydrogen (secondary N) is 2. The first-order chi connectivity index (χ1) is 8.19. The summed E-state index contributed by atoms with van der Waals surface area (Å²) in [6.07, 6.45) is 4.57. The Morgan fingerprint density at radius 2 is 2.29 bits per heavy atom. The fourth-order valence-electron chi connectivity index (χ4n) is 1.31. The molecule has 17 heavy (non-hydrogen) atoms. The predicted octanol–water partition coefficient (Wildman–Crippen LogP) is 0.247. The van der Waals surface area contributed by atoms with Crippen LogP contribution < -0.4 is 16.6 Å². The zero-order chi connectivity index (χ0) is 12.3. The lowest BCUT2D eigenvalue weighted by Crippen LogP contribution is -2.12. The number of rotatable bonds is 4. The van der Waals surface area contributed by atoms with E-state index in [0.29, 0.717) is 6.54 Å². The highest BCUT2D eigenvalue weighted by Crippen LogP contribution is 2.12. The van der Waals surface area contributed by atoms with Crippen LogP contribution in [0.4, 0.5) is 16.2 Å². The van der Waals surface area contributed by atoms with E-state index in [4.69, 9.17) is 5.84 Å². The average Bonchev–Trinajstić information content (AvgIpc) is 2.74. The second-order valence-corrected chi connectivity index (χ2v) is 3.41. The quantitative estimate of drug-likeness (QED) is 0.521. The van der Waals surface area contributed by atoms with Gasteiger partial charge in [0.2, 0.25) is 5.95 Å². The topological polar surface area (TPSA) is 93.7 Å². The van der Waals surface area contributed by atoms with Gasteiger partial charge in [0.05, 0.1) is 12.4 Å². The molecule has 0 radical (unpaired) electrons. The van der Waals surface area contributed by atoms with Crippen molar-refractivity contribution in [3.8, 4) is 0 Å². The lowest BCUT2D eigenvalue weighted by Gasteiger charge is -2.06. The standard InChI is InChI=1S/C9H12FN7/c1-17-5-6(3-14-17)2-12-8-7(10)4-13-9(15-8)16-11/h3-5H,2,11H2,1H3,(H2,12,13,15,16). The summed E-state index contributed by atoms with van der Waals surface area (Å²) >= 11 is 0. The Bertz CT molecular complexity index is 510. The van der Waals surface area contributed by atoms with Gasteiger partial charge in [-0.3, -0.25) is 10.1 Å². The molecule has 0 spiro atoms. The van der Waals surface area contributed by atoms with Gasteiger partial charge < -0.3 is 5.32 Å². The molecule has 0 aromatic carbocycles. The van der Waals surface area contributed by atoms with Gasteiger partial charge in [-0.05, 0) is 0 Å². The summed E-state index contributed by atoms with van der Waals surface area (Å²) in [5, 5.41) is 6.85. The van der Waals surface area contributed by atoms with Crippen LogP contribution in [0.3, 0.4) is 0 Å². The van der Waals surface area contributed by atoms with E-state index in [1.165, 1.54) is 0 Å². The Morgan fingerprint density at radius 1 is 1.47 bits per heavy atom. The second-order valence-electron chi connectivity index (χ2n) is 3.41. The smallest absolute Gasteiger partial charge is 0.239 e. The number of hydrogen-bond donors (Lipinski definition) is 3. The summed E-state index contributed by atoms with van der Waals surface area (Å²) in [5.74, 6) is 4.85. The van der Waals surface area contributed by atoms with Crippen molar-refractivity contribution in [3.05, 3.63) is 30.0 Å². The molecule has 0 bridgehead atoms. The SMILES string of the molecule is Cn1cc(CNc2nc(NN)ncc2F)cn1. The maximum Gasteiger partial charge on any atom is 0.239 e. The summed E-state index contributed by atoms with van der Waals surface area (Å²) < 4.78 is 15.0. The fraction of sp³-hybridized carbons (Fsp3) is 0.222. The van der Waals surface area contributed by atoms with Gasteiger partial charge in [0.1, 0.15) is 0 Å². The molecule has 7 nitrogen and oxygen atoms in total. The van der Waals surface area contributed by atoms with Gasteiger partial charge in [-0.2, -0.15) is 10.1 Å². The number of nitrogens with zero attached hydrogens (tertiary/aromatic N) is 4. The molecule has 0 aliphatic carbocycles. The number of nitrogen functional groups attached to an aromatic ring is 1. The number of aryl methyl sites for hydroxylation is 1. The zero-order valence-corrected chi connectivity index (χ0v) is 9.18. The van der Waals surface area contributed by atoms with Gasteiger partial charge in [-0.25, -0.2) is 15.2 Å². The Kier molecular flexibility index (Phi) is 3.15. The summed E-state index contributed by atoms with van der Waals surface area (Å²) in [7, 11) is 1.81. The van der Waals surface area contributed by atoms with Crippen LogP contribution in [0.5, 0.6) is 0 Å². The summed E-state index contributed by atoms with van der Waals surface area (Å²) in [4.78, 5) is 7.49. The van der Waals surface area contributed by atoms with Crippen molar-refractivity contribution >= 4 is 11.8 Å². The predicted molar refractivity (Wildman–Crippen MR) is 60.3 cm³/mol. The van der Waals surface area contributed by atoms with E-state index in [1.807, 2.05) is 13.2 Å². The highest BCUT2D eigenvalue weighted by atomic mass is 19.1. The third-order valence-corrected chi connectivity index (χ3v) is 2.09. The summed E-state index contributed by atoms with van der Waals surface area (Å²) in [5.41, 5.74) is 3.18. The molecular formula is C9H12FN7. The molecule has 0 amide bonds. The van der Waals surface area contributed by atoms with Gasteiger partial charge in [0.15, 0.2) is 11.6 Å². The van der Waals surface area contributed by atoms with E-state index in [0.717, 1.165) is 11.8 Å². The number of hydrogen-bond acceptors (Lipinski definition) is 6. The van der Waals surface area contributed by atoms with E-state index in [1.54, 1.807) is 10.9 Å². The molecule has 0 aliphatic heterocycles. The van der Waals surface area contributed by atoms with Crippen LogP contribution in [0.25, 0.3) is 0 Å². The van der Waals surface area contributed by atoms with E-state index in [2.05, 4.69) is 25.8 Å². The molecule has 2 rings (SSSR count). The molecular weight excluding hydrogens is 225 g/mol. The number of nitrogens with two attached hydrogens (primary N) is 1. The van der Waals surface area contributed by atoms with Crippen molar-refractivity contribution in [2.75, 3.05) is 10.7 Å². The molecule has 2 aromatic rings. The van der Waals surface area contributed by atoms with Crippen LogP contribution >= 0.6 is 0 Å². The maximum atomic E-state index is 13.3. The van der Waals surface area contributed by atoms with Crippen LogP contribution in [-0.4, -0.2) is 19.7 Å². The molecule has 0 atom stereocenters. The second kappa shape index (κ2) is 4.74. The lowest BCUT2D eigenvalue weighted by molar-refractivity contribution is 0.617. The van der Waals surface area contributed by atoms with Crippen molar-refractivity contribution in [3.63, 3.8) is 0 Å². The van der Waals surface area contributed by atoms with E-state index in [-0.39, 0.29) is 11.8 Å². The lowest BCUT2D eigenvalue weighted by atomic mass is 10.3. The van der Waals surface area contributed by atoms with Crippen molar-refractivity contribution < 1.29 is 4.39 Å². The monoisotopic (exact) mass is 237 g/mol. The Labute approximate surface area is 96.8 Å². The third-order valence-electron chi connectivity index (χ3n) is 2.09. The Hall–Kier alpha value is -2.22. The average molecular weight is 237 g/mol. The Balaban J connectivity index is 2.07. The molecule has 0 aliphatic rings. The molecule has 8 heteroatoms. The third kappa shape index (κ3) is 2.67. The Morgan fingerprint density at radius 3 is 2.94 bits per heavy atom. The number of hydrazine groups is 1. The van der Waals surface area contributed by atoms with Gasteiger partial charge in [-0.1, -0.05) is 0 Å². The minimum Gasteiger partial charge on any atom is -0.363 e. The summed E-state index contributed by atoms with van der Waals surface area (Å²) in [6.45, 7) is 0.422. The molecule has 2 heterocycles. The molecule has 4 N–H and O–H groups in total. The first-order valence-corrected chi connectivity index (χ1v) is 4.89. The van der Waals surface area contributed by atoms with Gasteiger partial charge in [-0.15, -0.1) is 0 Å². The van der Waals surface area contributed by atoms with Crippen LogP contribution in [0.1, 0.15) is 5.56 Å². The fourth-order valence-corrected chi connectivity index (χ4v) is 1.31. The van der Waals surface area contributed by atoms with E-state index < -0.39 is 5.82 Å². The number of anilines is 2. The largest absolute Gasteiger partial charge is 0.363 e. The molecule has 0 saturated carbocycles. The normalized spacial score (nSPS) is 10.3. The molecule has 0 saturated heterocycles. The minimum atomic E-state index is -0.534. The van der Waals surface area contributed by atoms with Crippen molar-refractivity contribution in [1.29, 1.82) is 0 Å². The molecule has 0 unspecified atom stereocenters.